The topological polar surface area (TPSA) is 78.9 Å². The molecule has 0 aliphatic carbocycles. The number of rotatable bonds is 59. The van der Waals surface area contributed by atoms with Crippen molar-refractivity contribution in [3.63, 3.8) is 0 Å². The molecule has 1 atom stereocenters. The average Bonchev–Trinajstić information content (AvgIpc) is 3.40. The van der Waals surface area contributed by atoms with Gasteiger partial charge in [0, 0.05) is 19.3 Å². The van der Waals surface area contributed by atoms with Crippen LogP contribution in [0.25, 0.3) is 0 Å². The highest BCUT2D eigenvalue weighted by atomic mass is 16.6. The third-order valence-electron chi connectivity index (χ3n) is 14.3. The Hall–Kier alpha value is -2.89. The van der Waals surface area contributed by atoms with E-state index in [0.717, 1.165) is 96.3 Å². The lowest BCUT2D eigenvalue weighted by Gasteiger charge is -2.18. The summed E-state index contributed by atoms with van der Waals surface area (Å²) < 4.78 is 16.8. The molecule has 0 aromatic carbocycles. The van der Waals surface area contributed by atoms with Gasteiger partial charge in [0.2, 0.25) is 0 Å². The summed E-state index contributed by atoms with van der Waals surface area (Å²) in [6.07, 6.45) is 79.8. The molecule has 6 nitrogen and oxygen atoms in total. The minimum absolute atomic E-state index is 0.0750. The van der Waals surface area contributed by atoms with E-state index in [9.17, 15) is 14.4 Å². The van der Waals surface area contributed by atoms with Gasteiger partial charge in [-0.25, -0.2) is 0 Å². The molecule has 0 heterocycles. The minimum atomic E-state index is -0.777. The van der Waals surface area contributed by atoms with E-state index in [-0.39, 0.29) is 31.1 Å². The van der Waals surface area contributed by atoms with Crippen LogP contribution in [0, 0.1) is 0 Å². The molecule has 1 unspecified atom stereocenters. The first-order valence-electron chi connectivity index (χ1n) is 32.3. The lowest BCUT2D eigenvalue weighted by atomic mass is 10.0. The maximum Gasteiger partial charge on any atom is 0.306 e. The molecular formula is C68H122O6. The van der Waals surface area contributed by atoms with Crippen LogP contribution in [0.1, 0.15) is 335 Å². The van der Waals surface area contributed by atoms with Crippen LogP contribution in [0.2, 0.25) is 0 Å². The number of unbranched alkanes of at least 4 members (excludes halogenated alkanes) is 38. The zero-order valence-electron chi connectivity index (χ0n) is 49.4. The molecule has 0 aliphatic heterocycles. The van der Waals surface area contributed by atoms with Crippen molar-refractivity contribution in [3.05, 3.63) is 60.8 Å². The SMILES string of the molecule is CC/C=C\C/C=C\C/C=C\C/C=C\C/C=C\CCCCCCCCCC(=O)OC(COC(=O)CCCCCCCCC)COC(=O)CCCCCCCCCCCCCCCCCCCCCCCCCCCC. The number of carbonyl (C=O) groups excluding carboxylic acids is 3. The normalized spacial score (nSPS) is 12.4. The summed E-state index contributed by atoms with van der Waals surface area (Å²) in [7, 11) is 0. The van der Waals surface area contributed by atoms with E-state index in [0.29, 0.717) is 19.3 Å². The van der Waals surface area contributed by atoms with Crippen LogP contribution in [0.5, 0.6) is 0 Å². The van der Waals surface area contributed by atoms with Crippen molar-refractivity contribution < 1.29 is 28.6 Å². The van der Waals surface area contributed by atoms with Crippen LogP contribution in [0.4, 0.5) is 0 Å². The van der Waals surface area contributed by atoms with Crippen molar-refractivity contribution in [3.8, 4) is 0 Å². The first kappa shape index (κ1) is 71.1. The van der Waals surface area contributed by atoms with E-state index in [1.165, 1.54) is 199 Å². The van der Waals surface area contributed by atoms with Gasteiger partial charge in [0.15, 0.2) is 6.10 Å². The summed E-state index contributed by atoms with van der Waals surface area (Å²) in [5.74, 6) is -0.876. The summed E-state index contributed by atoms with van der Waals surface area (Å²) in [6, 6.07) is 0. The molecule has 0 rings (SSSR count). The standard InChI is InChI=1S/C68H122O6/c1-4-7-10-13-16-18-20-22-24-26-28-30-32-33-34-36-37-39-41-43-45-47-49-52-55-58-61-67(70)73-64-65(63-72-66(69)60-57-54-51-15-12-9-6-3)74-68(71)62-59-56-53-50-48-46-44-42-40-38-35-31-29-27-25-23-21-19-17-14-11-8-5-2/h8,11,17,19,23,25,29,31,38,40,65H,4-7,9-10,12-16,18,20-22,24,26-28,30,32-37,39,41-64H2,1-3H3/b11-8-,19-17-,25-23-,31-29-,40-38-. The Morgan fingerprint density at radius 2 is 0.527 bits per heavy atom. The second-order valence-corrected chi connectivity index (χ2v) is 21.7. The Labute approximate surface area is 460 Å². The quantitative estimate of drug-likeness (QED) is 0.0261. The molecule has 0 aliphatic rings. The molecule has 0 radical (unpaired) electrons. The van der Waals surface area contributed by atoms with Gasteiger partial charge in [-0.05, 0) is 64.2 Å². The molecule has 0 N–H and O–H groups in total. The van der Waals surface area contributed by atoms with E-state index in [1.54, 1.807) is 0 Å². The molecule has 0 saturated carbocycles. The molecule has 0 saturated heterocycles. The molecule has 74 heavy (non-hydrogen) atoms. The maximum atomic E-state index is 12.9. The fraction of sp³-hybridized carbons (Fsp3) is 0.809. The molecule has 0 fully saturated rings. The summed E-state index contributed by atoms with van der Waals surface area (Å²) >= 11 is 0. The highest BCUT2D eigenvalue weighted by molar-refractivity contribution is 5.71. The van der Waals surface area contributed by atoms with Gasteiger partial charge in [-0.2, -0.15) is 0 Å². The number of hydrogen-bond acceptors (Lipinski definition) is 6. The van der Waals surface area contributed by atoms with Gasteiger partial charge in [0.1, 0.15) is 13.2 Å². The zero-order valence-corrected chi connectivity index (χ0v) is 49.4. The summed E-state index contributed by atoms with van der Waals surface area (Å²) in [6.45, 7) is 6.52. The number of hydrogen-bond donors (Lipinski definition) is 0. The van der Waals surface area contributed by atoms with E-state index in [2.05, 4.69) is 81.5 Å². The molecule has 0 spiro atoms. The third-order valence-corrected chi connectivity index (χ3v) is 14.3. The minimum Gasteiger partial charge on any atom is -0.462 e. The smallest absolute Gasteiger partial charge is 0.306 e. The van der Waals surface area contributed by atoms with Crippen molar-refractivity contribution in [2.24, 2.45) is 0 Å². The summed E-state index contributed by atoms with van der Waals surface area (Å²) in [5.41, 5.74) is 0. The first-order valence-corrected chi connectivity index (χ1v) is 32.3. The fourth-order valence-electron chi connectivity index (χ4n) is 9.47. The monoisotopic (exact) mass is 1030 g/mol. The van der Waals surface area contributed by atoms with E-state index in [4.69, 9.17) is 14.2 Å². The average molecular weight is 1040 g/mol. The second-order valence-electron chi connectivity index (χ2n) is 21.7. The lowest BCUT2D eigenvalue weighted by molar-refractivity contribution is -0.167. The number of esters is 3. The van der Waals surface area contributed by atoms with Crippen LogP contribution in [-0.4, -0.2) is 37.2 Å². The van der Waals surface area contributed by atoms with E-state index >= 15 is 0 Å². The van der Waals surface area contributed by atoms with Crippen LogP contribution < -0.4 is 0 Å². The molecule has 6 heteroatoms. The van der Waals surface area contributed by atoms with Crippen LogP contribution >= 0.6 is 0 Å². The van der Waals surface area contributed by atoms with Crippen LogP contribution in [0.3, 0.4) is 0 Å². The Morgan fingerprint density at radius 3 is 0.824 bits per heavy atom. The van der Waals surface area contributed by atoms with Crippen molar-refractivity contribution >= 4 is 17.9 Å². The van der Waals surface area contributed by atoms with Gasteiger partial charge in [0.05, 0.1) is 0 Å². The fourth-order valence-corrected chi connectivity index (χ4v) is 9.47. The van der Waals surface area contributed by atoms with Gasteiger partial charge in [-0.3, -0.25) is 14.4 Å². The number of allylic oxidation sites excluding steroid dienone is 10. The van der Waals surface area contributed by atoms with Crippen molar-refractivity contribution in [2.45, 2.75) is 341 Å². The summed E-state index contributed by atoms with van der Waals surface area (Å²) in [4.78, 5) is 38.1. The molecule has 430 valence electrons. The third kappa shape index (κ3) is 60.0. The van der Waals surface area contributed by atoms with Gasteiger partial charge in [-0.15, -0.1) is 0 Å². The first-order chi connectivity index (χ1) is 36.5. The molecule has 0 amide bonds. The highest BCUT2D eigenvalue weighted by Crippen LogP contribution is 2.18. The van der Waals surface area contributed by atoms with Crippen molar-refractivity contribution in [2.75, 3.05) is 13.2 Å². The summed E-state index contributed by atoms with van der Waals surface area (Å²) in [5, 5.41) is 0. The Bertz CT molecular complexity index is 1330. The molecular weight excluding hydrogens is 913 g/mol. The predicted molar refractivity (Wildman–Crippen MR) is 321 cm³/mol. The lowest BCUT2D eigenvalue weighted by Crippen LogP contribution is -2.30. The number of ether oxygens (including phenoxy) is 3. The maximum absolute atomic E-state index is 12.9. The Balaban J connectivity index is 4.11. The van der Waals surface area contributed by atoms with Gasteiger partial charge in [0.25, 0.3) is 0 Å². The molecule has 0 aromatic heterocycles. The van der Waals surface area contributed by atoms with E-state index in [1.807, 2.05) is 0 Å². The Kier molecular flexibility index (Phi) is 60.2. The second kappa shape index (κ2) is 62.6. The Morgan fingerprint density at radius 1 is 0.284 bits per heavy atom. The van der Waals surface area contributed by atoms with Crippen molar-refractivity contribution in [1.29, 1.82) is 0 Å². The highest BCUT2D eigenvalue weighted by Gasteiger charge is 2.19. The van der Waals surface area contributed by atoms with Gasteiger partial charge in [-0.1, -0.05) is 313 Å². The zero-order chi connectivity index (χ0) is 53.6. The van der Waals surface area contributed by atoms with Crippen LogP contribution in [-0.2, 0) is 28.6 Å². The largest absolute Gasteiger partial charge is 0.462 e. The van der Waals surface area contributed by atoms with Crippen molar-refractivity contribution in [1.82, 2.24) is 0 Å². The number of carbonyl (C=O) groups is 3. The van der Waals surface area contributed by atoms with E-state index < -0.39 is 6.10 Å². The van der Waals surface area contributed by atoms with Gasteiger partial charge >= 0.3 is 17.9 Å². The molecule has 0 aromatic rings. The van der Waals surface area contributed by atoms with Crippen LogP contribution in [0.15, 0.2) is 60.8 Å². The molecule has 0 bridgehead atoms. The van der Waals surface area contributed by atoms with Gasteiger partial charge < -0.3 is 14.2 Å². The predicted octanol–water partition coefficient (Wildman–Crippen LogP) is 21.9.